The van der Waals surface area contributed by atoms with Crippen LogP contribution >= 0.6 is 15.9 Å². The van der Waals surface area contributed by atoms with Crippen molar-refractivity contribution >= 4 is 48.3 Å². The summed E-state index contributed by atoms with van der Waals surface area (Å²) in [5, 5.41) is 5.92. The molecule has 1 fully saturated rings. The zero-order valence-electron chi connectivity index (χ0n) is 21.3. The molecule has 5 aromatic rings. The predicted octanol–water partition coefficient (Wildman–Crippen LogP) is 6.35. The molecule has 202 valence electrons. The van der Waals surface area contributed by atoms with Crippen LogP contribution in [0.5, 0.6) is 0 Å². The Balaban J connectivity index is 1.18. The summed E-state index contributed by atoms with van der Waals surface area (Å²) in [6.07, 6.45) is 2.03. The van der Waals surface area contributed by atoms with Crippen LogP contribution in [0.2, 0.25) is 0 Å². The molecule has 0 saturated carbocycles. The molecular formula is C30H25BrN4O4S. The molecule has 10 heteroatoms. The number of rotatable bonds is 7. The number of carbonyl (C=O) groups is 1. The van der Waals surface area contributed by atoms with E-state index in [4.69, 9.17) is 4.52 Å². The van der Waals surface area contributed by atoms with Crippen LogP contribution in [0, 0.1) is 0 Å². The monoisotopic (exact) mass is 616 g/mol. The van der Waals surface area contributed by atoms with Crippen molar-refractivity contribution in [2.45, 2.75) is 30.2 Å². The topological polar surface area (TPSA) is 105 Å². The number of sulfonamides is 1. The van der Waals surface area contributed by atoms with Crippen molar-refractivity contribution in [3.05, 3.63) is 118 Å². The van der Waals surface area contributed by atoms with E-state index in [2.05, 4.69) is 30.8 Å². The molecule has 1 amide bonds. The zero-order chi connectivity index (χ0) is 27.7. The van der Waals surface area contributed by atoms with Gasteiger partial charge in [0.25, 0.3) is 15.9 Å². The minimum atomic E-state index is -3.86. The molecular weight excluding hydrogens is 592 g/mol. The molecule has 0 bridgehead atoms. The van der Waals surface area contributed by atoms with E-state index in [1.807, 2.05) is 48.5 Å². The van der Waals surface area contributed by atoms with Gasteiger partial charge in [0, 0.05) is 28.7 Å². The summed E-state index contributed by atoms with van der Waals surface area (Å²) in [5.74, 6) is 0.745. The molecule has 2 heterocycles. The Bertz CT molecular complexity index is 1800. The maximum Gasteiger partial charge on any atom is 0.261 e. The second-order valence-electron chi connectivity index (χ2n) is 9.70. The average molecular weight is 618 g/mol. The Morgan fingerprint density at radius 1 is 0.975 bits per heavy atom. The molecule has 0 radical (unpaired) electrons. The SMILES string of the molecule is O=C(c1cccc(NS(=O)(=O)c2ccc3ccccc3c2)c1)N1CCCC1c1nc(Cc2ccc(Br)cc2)no1. The van der Waals surface area contributed by atoms with E-state index in [1.165, 1.54) is 0 Å². The highest BCUT2D eigenvalue weighted by atomic mass is 79.9. The number of hydrogen-bond donors (Lipinski definition) is 1. The first kappa shape index (κ1) is 26.2. The molecule has 0 spiro atoms. The first-order chi connectivity index (χ1) is 19.4. The Hall–Kier alpha value is -4.02. The quantitative estimate of drug-likeness (QED) is 0.228. The summed E-state index contributed by atoms with van der Waals surface area (Å²) in [6, 6.07) is 26.7. The number of nitrogens with one attached hydrogen (secondary N) is 1. The fourth-order valence-corrected chi connectivity index (χ4v) is 6.30. The number of likely N-dealkylation sites (tertiary alicyclic amines) is 1. The van der Waals surface area contributed by atoms with Crippen LogP contribution in [-0.4, -0.2) is 35.9 Å². The van der Waals surface area contributed by atoms with Crippen LogP contribution in [0.3, 0.4) is 0 Å². The number of nitrogens with zero attached hydrogens (tertiary/aromatic N) is 3. The van der Waals surface area contributed by atoms with E-state index in [0.29, 0.717) is 42.4 Å². The van der Waals surface area contributed by atoms with Crippen molar-refractivity contribution < 1.29 is 17.7 Å². The second kappa shape index (κ2) is 10.9. The summed E-state index contributed by atoms with van der Waals surface area (Å²) < 4.78 is 35.5. The predicted molar refractivity (Wildman–Crippen MR) is 155 cm³/mol. The van der Waals surface area contributed by atoms with Gasteiger partial charge in [0.05, 0.1) is 4.90 Å². The van der Waals surface area contributed by atoms with Gasteiger partial charge in [0.1, 0.15) is 6.04 Å². The lowest BCUT2D eigenvalue weighted by atomic mass is 10.1. The van der Waals surface area contributed by atoms with E-state index in [-0.39, 0.29) is 16.8 Å². The molecule has 1 aromatic heterocycles. The molecule has 0 aliphatic carbocycles. The number of hydrogen-bond acceptors (Lipinski definition) is 6. The average Bonchev–Trinajstić information content (AvgIpc) is 3.63. The van der Waals surface area contributed by atoms with Gasteiger partial charge in [-0.2, -0.15) is 4.98 Å². The third-order valence-electron chi connectivity index (χ3n) is 6.95. The van der Waals surface area contributed by atoms with Gasteiger partial charge in [-0.15, -0.1) is 0 Å². The standard InChI is InChI=1S/C30H25BrN4O4S/c31-24-13-10-20(11-14-24)17-28-32-29(39-33-28)27-9-4-16-35(27)30(36)23-7-3-8-25(18-23)34-40(37,38)26-15-12-21-5-1-2-6-22(21)19-26/h1-3,5-8,10-15,18-19,27,34H,4,9,16-17H2. The Morgan fingerprint density at radius 3 is 2.60 bits per heavy atom. The van der Waals surface area contributed by atoms with Gasteiger partial charge in [-0.3, -0.25) is 9.52 Å². The summed E-state index contributed by atoms with van der Waals surface area (Å²) in [5.41, 5.74) is 1.74. The van der Waals surface area contributed by atoms with Crippen molar-refractivity contribution in [1.82, 2.24) is 15.0 Å². The highest BCUT2D eigenvalue weighted by Gasteiger charge is 2.34. The first-order valence-corrected chi connectivity index (χ1v) is 15.1. The third kappa shape index (κ3) is 5.50. The van der Waals surface area contributed by atoms with Crippen LogP contribution in [0.1, 0.15) is 46.5 Å². The van der Waals surface area contributed by atoms with Crippen LogP contribution in [0.25, 0.3) is 10.8 Å². The van der Waals surface area contributed by atoms with Gasteiger partial charge in [0.2, 0.25) is 5.89 Å². The lowest BCUT2D eigenvalue weighted by Crippen LogP contribution is -2.30. The molecule has 1 saturated heterocycles. The van der Waals surface area contributed by atoms with Crippen molar-refractivity contribution in [2.75, 3.05) is 11.3 Å². The van der Waals surface area contributed by atoms with Crippen molar-refractivity contribution in [1.29, 1.82) is 0 Å². The number of carbonyl (C=O) groups excluding carboxylic acids is 1. The summed E-state index contributed by atoms with van der Waals surface area (Å²) in [7, 11) is -3.86. The molecule has 4 aromatic carbocycles. The minimum Gasteiger partial charge on any atom is -0.337 e. The smallest absolute Gasteiger partial charge is 0.261 e. The zero-order valence-corrected chi connectivity index (χ0v) is 23.7. The van der Waals surface area contributed by atoms with Crippen molar-refractivity contribution in [3.8, 4) is 0 Å². The number of amides is 1. The van der Waals surface area contributed by atoms with Gasteiger partial charge in [-0.1, -0.05) is 69.6 Å². The molecule has 1 aliphatic heterocycles. The Kier molecular flexibility index (Phi) is 7.12. The second-order valence-corrected chi connectivity index (χ2v) is 12.3. The maximum absolute atomic E-state index is 13.5. The molecule has 6 rings (SSSR count). The van der Waals surface area contributed by atoms with Gasteiger partial charge in [-0.05, 0) is 71.6 Å². The van der Waals surface area contributed by atoms with Crippen LogP contribution in [-0.2, 0) is 16.4 Å². The minimum absolute atomic E-state index is 0.151. The Morgan fingerprint density at radius 2 is 1.77 bits per heavy atom. The fourth-order valence-electron chi connectivity index (χ4n) is 4.96. The van der Waals surface area contributed by atoms with Gasteiger partial charge < -0.3 is 9.42 Å². The van der Waals surface area contributed by atoms with Gasteiger partial charge in [0.15, 0.2) is 5.82 Å². The maximum atomic E-state index is 13.5. The van der Waals surface area contributed by atoms with E-state index >= 15 is 0 Å². The molecule has 40 heavy (non-hydrogen) atoms. The molecule has 1 unspecified atom stereocenters. The number of anilines is 1. The van der Waals surface area contributed by atoms with Crippen LogP contribution < -0.4 is 4.72 Å². The largest absolute Gasteiger partial charge is 0.337 e. The van der Waals surface area contributed by atoms with Crippen LogP contribution in [0.15, 0.2) is 105 Å². The molecule has 1 aliphatic rings. The van der Waals surface area contributed by atoms with E-state index in [1.54, 1.807) is 47.4 Å². The van der Waals surface area contributed by atoms with Crippen LogP contribution in [0.4, 0.5) is 5.69 Å². The summed E-state index contributed by atoms with van der Waals surface area (Å²) in [4.78, 5) is 20.0. The number of fused-ring (bicyclic) bond motifs is 1. The fraction of sp³-hybridized carbons (Fsp3) is 0.167. The molecule has 1 N–H and O–H groups in total. The van der Waals surface area contributed by atoms with Gasteiger partial charge >= 0.3 is 0 Å². The molecule has 1 atom stereocenters. The Labute approximate surface area is 240 Å². The van der Waals surface area contributed by atoms with E-state index < -0.39 is 10.0 Å². The third-order valence-corrected chi connectivity index (χ3v) is 8.86. The van der Waals surface area contributed by atoms with E-state index in [9.17, 15) is 13.2 Å². The van der Waals surface area contributed by atoms with Crippen molar-refractivity contribution in [2.24, 2.45) is 0 Å². The lowest BCUT2D eigenvalue weighted by Gasteiger charge is -2.22. The highest BCUT2D eigenvalue weighted by Crippen LogP contribution is 2.33. The number of halogens is 1. The number of benzene rings is 4. The highest BCUT2D eigenvalue weighted by molar-refractivity contribution is 9.10. The first-order valence-electron chi connectivity index (χ1n) is 12.9. The lowest BCUT2D eigenvalue weighted by molar-refractivity contribution is 0.0710. The van der Waals surface area contributed by atoms with Gasteiger partial charge in [-0.25, -0.2) is 8.42 Å². The van der Waals surface area contributed by atoms with Crippen molar-refractivity contribution in [3.63, 3.8) is 0 Å². The summed E-state index contributed by atoms with van der Waals surface area (Å²) >= 11 is 3.44. The summed E-state index contributed by atoms with van der Waals surface area (Å²) in [6.45, 7) is 0.543. The molecule has 8 nitrogen and oxygen atoms in total. The number of aromatic nitrogens is 2. The normalized spacial score (nSPS) is 15.4. The van der Waals surface area contributed by atoms with E-state index in [0.717, 1.165) is 27.2 Å².